The minimum Gasteiger partial charge on any atom is -0.468 e. The molecular formula is C12H22N2O. The van der Waals surface area contributed by atoms with E-state index >= 15 is 0 Å². The first kappa shape index (κ1) is 12.3. The van der Waals surface area contributed by atoms with Crippen molar-refractivity contribution in [1.29, 1.82) is 0 Å². The zero-order valence-electron chi connectivity index (χ0n) is 9.92. The molecule has 3 heteroatoms. The van der Waals surface area contributed by atoms with Gasteiger partial charge in [-0.25, -0.2) is 0 Å². The topological polar surface area (TPSA) is 51.2 Å². The van der Waals surface area contributed by atoms with Gasteiger partial charge in [0.2, 0.25) is 0 Å². The van der Waals surface area contributed by atoms with Crippen molar-refractivity contribution in [3.63, 3.8) is 0 Å². The summed E-state index contributed by atoms with van der Waals surface area (Å²) in [5.74, 6) is 0.972. The summed E-state index contributed by atoms with van der Waals surface area (Å²) in [6.07, 6.45) is 2.68. The van der Waals surface area contributed by atoms with Crippen LogP contribution in [0.2, 0.25) is 0 Å². The summed E-state index contributed by atoms with van der Waals surface area (Å²) >= 11 is 0. The summed E-state index contributed by atoms with van der Waals surface area (Å²) in [4.78, 5) is 0. The third kappa shape index (κ3) is 4.49. The van der Waals surface area contributed by atoms with Gasteiger partial charge in [0.25, 0.3) is 0 Å². The molecule has 15 heavy (non-hydrogen) atoms. The minimum absolute atomic E-state index is 0.187. The molecule has 1 aromatic heterocycles. The van der Waals surface area contributed by atoms with Gasteiger partial charge < -0.3 is 15.5 Å². The molecule has 0 aromatic carbocycles. The van der Waals surface area contributed by atoms with Gasteiger partial charge in [-0.1, -0.05) is 20.8 Å². The fourth-order valence-electron chi connectivity index (χ4n) is 1.32. The summed E-state index contributed by atoms with van der Waals surface area (Å²) in [6, 6.07) is 4.11. The van der Waals surface area contributed by atoms with Crippen molar-refractivity contribution in [3.05, 3.63) is 24.2 Å². The molecule has 1 rings (SSSR count). The number of nitrogens with two attached hydrogens (primary N) is 1. The van der Waals surface area contributed by atoms with Crippen LogP contribution in [-0.2, 0) is 6.54 Å². The molecule has 0 amide bonds. The van der Waals surface area contributed by atoms with E-state index < -0.39 is 0 Å². The van der Waals surface area contributed by atoms with Crippen LogP contribution in [0.25, 0.3) is 0 Å². The summed E-state index contributed by atoms with van der Waals surface area (Å²) in [5.41, 5.74) is 6.23. The van der Waals surface area contributed by atoms with E-state index in [1.807, 2.05) is 12.1 Å². The lowest BCUT2D eigenvalue weighted by Gasteiger charge is -2.26. The third-order valence-electron chi connectivity index (χ3n) is 2.62. The average Bonchev–Trinajstić information content (AvgIpc) is 2.63. The van der Waals surface area contributed by atoms with Gasteiger partial charge in [0.05, 0.1) is 12.8 Å². The maximum absolute atomic E-state index is 6.05. The lowest BCUT2D eigenvalue weighted by Crippen LogP contribution is -2.37. The maximum Gasteiger partial charge on any atom is 0.117 e. The molecule has 0 aliphatic heterocycles. The second kappa shape index (κ2) is 5.33. The predicted octanol–water partition coefficient (Wildman–Crippen LogP) is 2.13. The molecule has 3 nitrogen and oxygen atoms in total. The molecule has 0 radical (unpaired) electrons. The first-order valence-electron chi connectivity index (χ1n) is 5.49. The number of nitrogens with one attached hydrogen (secondary N) is 1. The van der Waals surface area contributed by atoms with E-state index in [-0.39, 0.29) is 11.5 Å². The number of furan rings is 1. The molecule has 0 saturated heterocycles. The van der Waals surface area contributed by atoms with Crippen molar-refractivity contribution < 1.29 is 4.42 Å². The highest BCUT2D eigenvalue weighted by Crippen LogP contribution is 2.19. The Kier molecular flexibility index (Phi) is 4.36. The molecular weight excluding hydrogens is 188 g/mol. The molecule has 0 spiro atoms. The first-order chi connectivity index (χ1) is 7.00. The molecule has 0 saturated carbocycles. The molecule has 1 heterocycles. The SMILES string of the molecule is CC(C)(C)C(N)CCNCc1ccco1. The number of hydrogen-bond acceptors (Lipinski definition) is 3. The Labute approximate surface area is 92.0 Å². The Morgan fingerprint density at radius 1 is 1.47 bits per heavy atom. The van der Waals surface area contributed by atoms with Crippen LogP contribution in [0.4, 0.5) is 0 Å². The van der Waals surface area contributed by atoms with Crippen molar-refractivity contribution in [1.82, 2.24) is 5.32 Å². The van der Waals surface area contributed by atoms with Gasteiger partial charge >= 0.3 is 0 Å². The highest BCUT2D eigenvalue weighted by molar-refractivity contribution is 4.97. The van der Waals surface area contributed by atoms with Gasteiger partial charge in [-0.3, -0.25) is 0 Å². The fraction of sp³-hybridized carbons (Fsp3) is 0.667. The van der Waals surface area contributed by atoms with Crippen molar-refractivity contribution in [2.45, 2.75) is 39.8 Å². The average molecular weight is 210 g/mol. The van der Waals surface area contributed by atoms with Crippen molar-refractivity contribution in [2.24, 2.45) is 11.1 Å². The van der Waals surface area contributed by atoms with E-state index in [0.29, 0.717) is 0 Å². The largest absolute Gasteiger partial charge is 0.468 e. The van der Waals surface area contributed by atoms with E-state index in [2.05, 4.69) is 26.1 Å². The number of rotatable bonds is 5. The van der Waals surface area contributed by atoms with Crippen molar-refractivity contribution >= 4 is 0 Å². The Morgan fingerprint density at radius 2 is 2.20 bits per heavy atom. The van der Waals surface area contributed by atoms with Gasteiger partial charge in [-0.15, -0.1) is 0 Å². The van der Waals surface area contributed by atoms with E-state index in [1.165, 1.54) is 0 Å². The quantitative estimate of drug-likeness (QED) is 0.732. The zero-order valence-corrected chi connectivity index (χ0v) is 9.92. The van der Waals surface area contributed by atoms with Crippen LogP contribution in [0, 0.1) is 5.41 Å². The molecule has 1 aromatic rings. The van der Waals surface area contributed by atoms with Crippen LogP contribution < -0.4 is 11.1 Å². The van der Waals surface area contributed by atoms with Gasteiger partial charge in [0, 0.05) is 6.04 Å². The standard InChI is InChI=1S/C12H22N2O/c1-12(2,3)11(13)6-7-14-9-10-5-4-8-15-10/h4-5,8,11,14H,6-7,9,13H2,1-3H3. The predicted molar refractivity (Wildman–Crippen MR) is 62.5 cm³/mol. The van der Waals surface area contributed by atoms with Crippen LogP contribution in [0.3, 0.4) is 0 Å². The molecule has 0 aliphatic carbocycles. The van der Waals surface area contributed by atoms with Crippen molar-refractivity contribution in [2.75, 3.05) is 6.54 Å². The van der Waals surface area contributed by atoms with Crippen LogP contribution in [0.15, 0.2) is 22.8 Å². The van der Waals surface area contributed by atoms with Gasteiger partial charge in [0.1, 0.15) is 5.76 Å². The molecule has 0 bridgehead atoms. The normalized spacial score (nSPS) is 14.1. The fourth-order valence-corrected chi connectivity index (χ4v) is 1.32. The van der Waals surface area contributed by atoms with Gasteiger partial charge in [0.15, 0.2) is 0 Å². The lowest BCUT2D eigenvalue weighted by atomic mass is 9.85. The van der Waals surface area contributed by atoms with E-state index in [0.717, 1.165) is 25.3 Å². The summed E-state index contributed by atoms with van der Waals surface area (Å²) in [7, 11) is 0. The second-order valence-electron chi connectivity index (χ2n) is 5.02. The first-order valence-corrected chi connectivity index (χ1v) is 5.49. The van der Waals surface area contributed by atoms with Crippen LogP contribution in [0.1, 0.15) is 33.0 Å². The lowest BCUT2D eigenvalue weighted by molar-refractivity contribution is 0.301. The van der Waals surface area contributed by atoms with Crippen LogP contribution in [0.5, 0.6) is 0 Å². The third-order valence-corrected chi connectivity index (χ3v) is 2.62. The van der Waals surface area contributed by atoms with E-state index in [4.69, 9.17) is 10.2 Å². The molecule has 0 fully saturated rings. The Morgan fingerprint density at radius 3 is 2.73 bits per heavy atom. The smallest absolute Gasteiger partial charge is 0.117 e. The highest BCUT2D eigenvalue weighted by Gasteiger charge is 2.19. The molecule has 1 atom stereocenters. The van der Waals surface area contributed by atoms with E-state index in [9.17, 15) is 0 Å². The Balaban J connectivity index is 2.12. The summed E-state index contributed by atoms with van der Waals surface area (Å²) in [5, 5.41) is 3.32. The summed E-state index contributed by atoms with van der Waals surface area (Å²) < 4.78 is 5.21. The molecule has 1 unspecified atom stereocenters. The maximum atomic E-state index is 6.05. The van der Waals surface area contributed by atoms with Gasteiger partial charge in [-0.05, 0) is 30.5 Å². The van der Waals surface area contributed by atoms with Crippen LogP contribution >= 0.6 is 0 Å². The molecule has 0 aliphatic rings. The Bertz CT molecular complexity index is 262. The number of hydrogen-bond donors (Lipinski definition) is 2. The molecule has 86 valence electrons. The van der Waals surface area contributed by atoms with Crippen LogP contribution in [-0.4, -0.2) is 12.6 Å². The monoisotopic (exact) mass is 210 g/mol. The van der Waals surface area contributed by atoms with Crippen molar-refractivity contribution in [3.8, 4) is 0 Å². The van der Waals surface area contributed by atoms with Gasteiger partial charge in [-0.2, -0.15) is 0 Å². The summed E-state index contributed by atoms with van der Waals surface area (Å²) in [6.45, 7) is 8.22. The second-order valence-corrected chi connectivity index (χ2v) is 5.02. The minimum atomic E-state index is 0.187. The Hall–Kier alpha value is -0.800. The highest BCUT2D eigenvalue weighted by atomic mass is 16.3. The molecule has 3 N–H and O–H groups in total. The zero-order chi connectivity index (χ0) is 11.3. The van der Waals surface area contributed by atoms with E-state index in [1.54, 1.807) is 6.26 Å².